The average molecular weight is 327 g/mol. The maximum Gasteiger partial charge on any atom is 0.189 e. The van der Waals surface area contributed by atoms with Gasteiger partial charge in [-0.1, -0.05) is 25.6 Å². The molecule has 0 spiro atoms. The standard InChI is InChI=1S/C14H18N2OS3/c1-7(2)9-5-8-10(6-17-9)20-13-11(8)12(18-3)15-14(16-13)19-4/h7,9H,5-6H2,1-4H3/t9-/m0/s1. The molecule has 108 valence electrons. The fourth-order valence-corrected chi connectivity index (χ4v) is 4.76. The quantitative estimate of drug-likeness (QED) is 0.479. The number of aromatic nitrogens is 2. The third-order valence-electron chi connectivity index (χ3n) is 3.63. The molecule has 1 aliphatic rings. The van der Waals surface area contributed by atoms with E-state index in [2.05, 4.69) is 30.1 Å². The Morgan fingerprint density at radius 3 is 2.70 bits per heavy atom. The van der Waals surface area contributed by atoms with Crippen LogP contribution in [0.15, 0.2) is 10.2 Å². The Morgan fingerprint density at radius 2 is 2.05 bits per heavy atom. The third kappa shape index (κ3) is 2.47. The van der Waals surface area contributed by atoms with Crippen LogP contribution in [0.25, 0.3) is 10.2 Å². The molecule has 0 saturated carbocycles. The Morgan fingerprint density at radius 1 is 1.25 bits per heavy atom. The molecule has 0 bridgehead atoms. The van der Waals surface area contributed by atoms with Gasteiger partial charge in [0.05, 0.1) is 12.7 Å². The van der Waals surface area contributed by atoms with Crippen molar-refractivity contribution in [1.82, 2.24) is 9.97 Å². The van der Waals surface area contributed by atoms with Gasteiger partial charge < -0.3 is 4.74 Å². The number of nitrogens with zero attached hydrogens (tertiary/aromatic N) is 2. The molecule has 0 radical (unpaired) electrons. The Bertz CT molecular complexity index is 639. The second kappa shape index (κ2) is 5.83. The summed E-state index contributed by atoms with van der Waals surface area (Å²) in [5, 5.41) is 3.24. The van der Waals surface area contributed by atoms with Crippen LogP contribution in [0.2, 0.25) is 0 Å². The molecule has 6 heteroatoms. The van der Waals surface area contributed by atoms with Crippen LogP contribution < -0.4 is 0 Å². The van der Waals surface area contributed by atoms with Crippen molar-refractivity contribution in [2.45, 2.75) is 43.2 Å². The van der Waals surface area contributed by atoms with Gasteiger partial charge in [-0.15, -0.1) is 23.1 Å². The lowest BCUT2D eigenvalue weighted by Crippen LogP contribution is -2.26. The lowest BCUT2D eigenvalue weighted by atomic mass is 9.96. The highest BCUT2D eigenvalue weighted by Crippen LogP contribution is 2.40. The molecule has 0 unspecified atom stereocenters. The first kappa shape index (κ1) is 14.6. The van der Waals surface area contributed by atoms with Crippen LogP contribution in [0.3, 0.4) is 0 Å². The number of thioether (sulfide) groups is 2. The maximum absolute atomic E-state index is 5.98. The minimum atomic E-state index is 0.315. The maximum atomic E-state index is 5.98. The van der Waals surface area contributed by atoms with Gasteiger partial charge in [-0.3, -0.25) is 0 Å². The van der Waals surface area contributed by atoms with E-state index in [4.69, 9.17) is 4.74 Å². The van der Waals surface area contributed by atoms with E-state index in [9.17, 15) is 0 Å². The molecule has 0 N–H and O–H groups in total. The summed E-state index contributed by atoms with van der Waals surface area (Å²) in [6.45, 7) is 5.17. The van der Waals surface area contributed by atoms with Crippen molar-refractivity contribution in [3.05, 3.63) is 10.4 Å². The van der Waals surface area contributed by atoms with E-state index in [1.165, 1.54) is 15.8 Å². The van der Waals surface area contributed by atoms with Crippen LogP contribution in [0.4, 0.5) is 0 Å². The summed E-state index contributed by atoms with van der Waals surface area (Å²) < 4.78 is 5.98. The number of fused-ring (bicyclic) bond motifs is 3. The fraction of sp³-hybridized carbons (Fsp3) is 0.571. The second-order valence-corrected chi connectivity index (χ2v) is 7.85. The van der Waals surface area contributed by atoms with Gasteiger partial charge in [-0.2, -0.15) is 0 Å². The zero-order valence-electron chi connectivity index (χ0n) is 12.1. The summed E-state index contributed by atoms with van der Waals surface area (Å²) in [7, 11) is 0. The Hall–Kier alpha value is -0.300. The average Bonchev–Trinajstić information content (AvgIpc) is 2.83. The van der Waals surface area contributed by atoms with Gasteiger partial charge in [0.25, 0.3) is 0 Å². The lowest BCUT2D eigenvalue weighted by Gasteiger charge is -2.26. The van der Waals surface area contributed by atoms with Crippen molar-refractivity contribution in [2.75, 3.05) is 12.5 Å². The molecule has 0 aromatic carbocycles. The first-order valence-electron chi connectivity index (χ1n) is 6.66. The molecule has 0 fully saturated rings. The molecule has 0 amide bonds. The van der Waals surface area contributed by atoms with Crippen molar-refractivity contribution in [2.24, 2.45) is 5.92 Å². The summed E-state index contributed by atoms with van der Waals surface area (Å²) in [5.74, 6) is 0.544. The van der Waals surface area contributed by atoms with Crippen molar-refractivity contribution in [3.8, 4) is 0 Å². The van der Waals surface area contributed by atoms with Crippen molar-refractivity contribution in [1.29, 1.82) is 0 Å². The Labute approximate surface area is 131 Å². The molecule has 2 aromatic rings. The monoisotopic (exact) mass is 326 g/mol. The fourth-order valence-electron chi connectivity index (χ4n) is 2.49. The molecule has 0 aliphatic carbocycles. The number of rotatable bonds is 3. The van der Waals surface area contributed by atoms with Gasteiger partial charge in [-0.05, 0) is 24.0 Å². The number of hydrogen-bond acceptors (Lipinski definition) is 6. The lowest BCUT2D eigenvalue weighted by molar-refractivity contribution is 0.00199. The van der Waals surface area contributed by atoms with E-state index < -0.39 is 0 Å². The van der Waals surface area contributed by atoms with Crippen molar-refractivity contribution < 1.29 is 4.74 Å². The first-order chi connectivity index (χ1) is 9.63. The molecule has 1 atom stereocenters. The van der Waals surface area contributed by atoms with Gasteiger partial charge in [0.15, 0.2) is 5.16 Å². The van der Waals surface area contributed by atoms with Gasteiger partial charge >= 0.3 is 0 Å². The van der Waals surface area contributed by atoms with Crippen LogP contribution in [-0.4, -0.2) is 28.6 Å². The van der Waals surface area contributed by atoms with E-state index in [1.54, 1.807) is 34.9 Å². The Kier molecular flexibility index (Phi) is 4.26. The van der Waals surface area contributed by atoms with Crippen LogP contribution in [-0.2, 0) is 17.8 Å². The van der Waals surface area contributed by atoms with Crippen LogP contribution in [0.1, 0.15) is 24.3 Å². The topological polar surface area (TPSA) is 35.0 Å². The van der Waals surface area contributed by atoms with E-state index >= 15 is 0 Å². The summed E-state index contributed by atoms with van der Waals surface area (Å²) >= 11 is 5.09. The van der Waals surface area contributed by atoms with Gasteiger partial charge in [-0.25, -0.2) is 9.97 Å². The minimum Gasteiger partial charge on any atom is -0.372 e. The highest BCUT2D eigenvalue weighted by molar-refractivity contribution is 7.99. The Balaban J connectivity index is 2.15. The van der Waals surface area contributed by atoms with Crippen LogP contribution >= 0.6 is 34.9 Å². The summed E-state index contributed by atoms with van der Waals surface area (Å²) in [4.78, 5) is 11.8. The molecule has 2 aromatic heterocycles. The van der Waals surface area contributed by atoms with E-state index in [1.807, 2.05) is 6.26 Å². The SMILES string of the molecule is CSc1nc(SC)c2c3c(sc2n1)CO[C@H](C(C)C)C3. The molecule has 20 heavy (non-hydrogen) atoms. The first-order valence-corrected chi connectivity index (χ1v) is 9.92. The normalized spacial score (nSPS) is 18.8. The highest BCUT2D eigenvalue weighted by atomic mass is 32.2. The van der Waals surface area contributed by atoms with Crippen LogP contribution in [0.5, 0.6) is 0 Å². The summed E-state index contributed by atoms with van der Waals surface area (Å²) in [5.41, 5.74) is 1.42. The summed E-state index contributed by atoms with van der Waals surface area (Å²) in [6.07, 6.45) is 5.42. The molecular weight excluding hydrogens is 308 g/mol. The van der Waals surface area contributed by atoms with E-state index in [-0.39, 0.29) is 0 Å². The molecule has 3 rings (SSSR count). The van der Waals surface area contributed by atoms with Crippen molar-refractivity contribution >= 4 is 45.1 Å². The zero-order valence-corrected chi connectivity index (χ0v) is 14.5. The number of ether oxygens (including phenoxy) is 1. The second-order valence-electron chi connectivity index (χ2n) is 5.20. The summed E-state index contributed by atoms with van der Waals surface area (Å²) in [6, 6.07) is 0. The minimum absolute atomic E-state index is 0.315. The van der Waals surface area contributed by atoms with E-state index in [0.29, 0.717) is 12.0 Å². The molecule has 0 saturated heterocycles. The molecular formula is C14H18N2OS3. The predicted molar refractivity (Wildman–Crippen MR) is 88.1 cm³/mol. The largest absolute Gasteiger partial charge is 0.372 e. The van der Waals surface area contributed by atoms with Gasteiger partial charge in [0, 0.05) is 16.7 Å². The smallest absolute Gasteiger partial charge is 0.189 e. The van der Waals surface area contributed by atoms with Gasteiger partial charge in [0.2, 0.25) is 0 Å². The molecule has 3 heterocycles. The number of thiophene rings is 1. The number of hydrogen-bond donors (Lipinski definition) is 0. The van der Waals surface area contributed by atoms with Crippen LogP contribution in [0, 0.1) is 5.92 Å². The predicted octanol–water partition coefficient (Wildman–Crippen LogP) is 4.23. The van der Waals surface area contributed by atoms with Crippen molar-refractivity contribution in [3.63, 3.8) is 0 Å². The zero-order chi connectivity index (χ0) is 14.3. The van der Waals surface area contributed by atoms with E-state index in [0.717, 1.165) is 28.0 Å². The molecule has 3 nitrogen and oxygen atoms in total. The van der Waals surface area contributed by atoms with Gasteiger partial charge in [0.1, 0.15) is 9.86 Å². The highest BCUT2D eigenvalue weighted by Gasteiger charge is 2.27. The third-order valence-corrected chi connectivity index (χ3v) is 5.96. The molecule has 1 aliphatic heterocycles.